The lowest BCUT2D eigenvalue weighted by Gasteiger charge is -2.32. The van der Waals surface area contributed by atoms with E-state index in [1.165, 1.54) is 0 Å². The van der Waals surface area contributed by atoms with E-state index < -0.39 is 18.3 Å². The Bertz CT molecular complexity index is 542. The molecule has 1 aromatic rings. The van der Waals surface area contributed by atoms with Gasteiger partial charge in [0.25, 0.3) is 0 Å². The first kappa shape index (κ1) is 16.0. The molecule has 1 saturated heterocycles. The molecule has 0 bridgehead atoms. The van der Waals surface area contributed by atoms with Crippen molar-refractivity contribution in [2.24, 2.45) is 0 Å². The highest BCUT2D eigenvalue weighted by molar-refractivity contribution is 6.63. The van der Waals surface area contributed by atoms with Gasteiger partial charge in [0.15, 0.2) is 0 Å². The number of carbonyl (C=O) groups excluding carboxylic acids is 1. The monoisotopic (exact) mass is 290 g/mol. The quantitative estimate of drug-likeness (QED) is 0.865. The van der Waals surface area contributed by atoms with Crippen molar-refractivity contribution in [3.63, 3.8) is 0 Å². The SMILES string of the molecule is CCC(=O)Nc1nc(C)ccc1B1OC(C)(C)C(C)(C)O1. The van der Waals surface area contributed by atoms with Gasteiger partial charge in [0.05, 0.1) is 11.2 Å². The highest BCUT2D eigenvalue weighted by atomic mass is 16.7. The van der Waals surface area contributed by atoms with Crippen LogP contribution in [0.15, 0.2) is 12.1 Å². The molecule has 1 N–H and O–H groups in total. The molecule has 2 rings (SSSR count). The third-order valence-corrected chi connectivity index (χ3v) is 4.15. The smallest absolute Gasteiger partial charge is 0.399 e. The number of hydrogen-bond donors (Lipinski definition) is 1. The van der Waals surface area contributed by atoms with Gasteiger partial charge in [-0.1, -0.05) is 13.0 Å². The summed E-state index contributed by atoms with van der Waals surface area (Å²) in [6, 6.07) is 3.79. The van der Waals surface area contributed by atoms with Crippen LogP contribution in [0.1, 0.15) is 46.7 Å². The van der Waals surface area contributed by atoms with E-state index >= 15 is 0 Å². The summed E-state index contributed by atoms with van der Waals surface area (Å²) in [6.07, 6.45) is 0.401. The predicted molar refractivity (Wildman–Crippen MR) is 83.6 cm³/mol. The van der Waals surface area contributed by atoms with Crippen molar-refractivity contribution >= 4 is 24.3 Å². The predicted octanol–water partition coefficient (Wildman–Crippen LogP) is 2.04. The molecule has 1 amide bonds. The summed E-state index contributed by atoms with van der Waals surface area (Å²) in [5.41, 5.74) is 0.742. The largest absolute Gasteiger partial charge is 0.498 e. The number of nitrogens with zero attached hydrogens (tertiary/aromatic N) is 1. The van der Waals surface area contributed by atoms with Crippen molar-refractivity contribution in [1.82, 2.24) is 4.98 Å². The lowest BCUT2D eigenvalue weighted by molar-refractivity contribution is -0.115. The van der Waals surface area contributed by atoms with Crippen LogP contribution < -0.4 is 10.8 Å². The standard InChI is InChI=1S/C15H23BN2O3/c1-7-12(19)18-13-11(9-8-10(2)17-13)16-20-14(3,4)15(5,6)21-16/h8-9H,7H2,1-6H3,(H,17,18,19). The molecule has 1 aromatic heterocycles. The summed E-state index contributed by atoms with van der Waals surface area (Å²) < 4.78 is 12.1. The Labute approximate surface area is 126 Å². The number of amides is 1. The van der Waals surface area contributed by atoms with Crippen LogP contribution >= 0.6 is 0 Å². The lowest BCUT2D eigenvalue weighted by atomic mass is 9.79. The summed E-state index contributed by atoms with van der Waals surface area (Å²) in [7, 11) is -0.532. The van der Waals surface area contributed by atoms with Crippen LogP contribution in [0.3, 0.4) is 0 Å². The minimum atomic E-state index is -0.532. The minimum absolute atomic E-state index is 0.0779. The molecule has 2 heterocycles. The molecular weight excluding hydrogens is 267 g/mol. The van der Waals surface area contributed by atoms with Crippen LogP contribution in [0.25, 0.3) is 0 Å². The zero-order chi connectivity index (χ0) is 15.8. The number of aryl methyl sites for hydroxylation is 1. The maximum absolute atomic E-state index is 11.7. The van der Waals surface area contributed by atoms with E-state index in [0.29, 0.717) is 12.2 Å². The van der Waals surface area contributed by atoms with Crippen LogP contribution in [0.4, 0.5) is 5.82 Å². The summed E-state index contributed by atoms with van der Waals surface area (Å²) in [5.74, 6) is 0.436. The molecule has 1 aliphatic rings. The second-order valence-electron chi connectivity index (χ2n) is 6.38. The molecule has 6 heteroatoms. The topological polar surface area (TPSA) is 60.5 Å². The molecule has 114 valence electrons. The van der Waals surface area contributed by atoms with E-state index in [-0.39, 0.29) is 5.91 Å². The Balaban J connectivity index is 2.34. The molecule has 0 aromatic carbocycles. The maximum Gasteiger partial charge on any atom is 0.498 e. The molecule has 0 radical (unpaired) electrons. The number of anilines is 1. The van der Waals surface area contributed by atoms with E-state index in [4.69, 9.17) is 9.31 Å². The van der Waals surface area contributed by atoms with Crippen LogP contribution in [0.5, 0.6) is 0 Å². The highest BCUT2D eigenvalue weighted by Gasteiger charge is 2.52. The fourth-order valence-corrected chi connectivity index (χ4v) is 2.05. The first-order valence-electron chi connectivity index (χ1n) is 7.29. The normalized spacial score (nSPS) is 19.6. The van der Waals surface area contributed by atoms with Crippen molar-refractivity contribution < 1.29 is 14.1 Å². The third-order valence-electron chi connectivity index (χ3n) is 4.15. The van der Waals surface area contributed by atoms with Crippen molar-refractivity contribution in [1.29, 1.82) is 0 Å². The Morgan fingerprint density at radius 3 is 2.33 bits per heavy atom. The van der Waals surface area contributed by atoms with E-state index in [0.717, 1.165) is 11.2 Å². The lowest BCUT2D eigenvalue weighted by Crippen LogP contribution is -2.41. The average molecular weight is 290 g/mol. The molecular formula is C15H23BN2O3. The summed E-state index contributed by atoms with van der Waals surface area (Å²) in [6.45, 7) is 11.7. The molecule has 1 aliphatic heterocycles. The van der Waals surface area contributed by atoms with E-state index in [1.54, 1.807) is 6.92 Å². The number of nitrogens with one attached hydrogen (secondary N) is 1. The molecule has 21 heavy (non-hydrogen) atoms. The van der Waals surface area contributed by atoms with Gasteiger partial charge in [-0.2, -0.15) is 0 Å². The summed E-state index contributed by atoms with van der Waals surface area (Å²) in [5, 5.41) is 2.82. The molecule has 0 unspecified atom stereocenters. The number of aromatic nitrogens is 1. The second kappa shape index (κ2) is 5.42. The Hall–Kier alpha value is -1.40. The number of carbonyl (C=O) groups is 1. The van der Waals surface area contributed by atoms with Gasteiger partial charge in [-0.3, -0.25) is 4.79 Å². The van der Waals surface area contributed by atoms with Gasteiger partial charge in [0, 0.05) is 17.6 Å². The maximum atomic E-state index is 11.7. The zero-order valence-corrected chi connectivity index (χ0v) is 13.6. The van der Waals surface area contributed by atoms with E-state index in [1.807, 2.05) is 46.8 Å². The van der Waals surface area contributed by atoms with Gasteiger partial charge in [-0.05, 0) is 40.7 Å². The Morgan fingerprint density at radius 1 is 1.24 bits per heavy atom. The van der Waals surface area contributed by atoms with Crippen LogP contribution in [0, 0.1) is 6.92 Å². The van der Waals surface area contributed by atoms with Crippen LogP contribution in [-0.4, -0.2) is 29.2 Å². The van der Waals surface area contributed by atoms with Gasteiger partial charge in [-0.15, -0.1) is 0 Å². The van der Waals surface area contributed by atoms with Gasteiger partial charge in [0.1, 0.15) is 5.82 Å². The number of rotatable bonds is 3. The first-order valence-corrected chi connectivity index (χ1v) is 7.29. The molecule has 0 saturated carbocycles. The Morgan fingerprint density at radius 2 is 1.81 bits per heavy atom. The molecule has 1 fully saturated rings. The third kappa shape index (κ3) is 3.11. The van der Waals surface area contributed by atoms with Crippen LogP contribution in [0.2, 0.25) is 0 Å². The van der Waals surface area contributed by atoms with Crippen molar-refractivity contribution in [3.05, 3.63) is 17.8 Å². The fraction of sp³-hybridized carbons (Fsp3) is 0.600. The minimum Gasteiger partial charge on any atom is -0.399 e. The Kier molecular flexibility index (Phi) is 4.13. The van der Waals surface area contributed by atoms with Crippen molar-refractivity contribution in [2.75, 3.05) is 5.32 Å². The fourth-order valence-electron chi connectivity index (χ4n) is 2.05. The van der Waals surface area contributed by atoms with Gasteiger partial charge < -0.3 is 14.6 Å². The van der Waals surface area contributed by atoms with E-state index in [2.05, 4.69) is 10.3 Å². The van der Waals surface area contributed by atoms with Gasteiger partial charge >= 0.3 is 7.12 Å². The average Bonchev–Trinajstić information content (AvgIpc) is 2.58. The zero-order valence-electron chi connectivity index (χ0n) is 13.6. The molecule has 0 atom stereocenters. The molecule has 0 aliphatic carbocycles. The summed E-state index contributed by atoms with van der Waals surface area (Å²) in [4.78, 5) is 16.1. The molecule has 5 nitrogen and oxygen atoms in total. The second-order valence-corrected chi connectivity index (χ2v) is 6.38. The van der Waals surface area contributed by atoms with Crippen LogP contribution in [-0.2, 0) is 14.1 Å². The van der Waals surface area contributed by atoms with Crippen molar-refractivity contribution in [2.45, 2.75) is 59.2 Å². The summed E-state index contributed by atoms with van der Waals surface area (Å²) >= 11 is 0. The van der Waals surface area contributed by atoms with Gasteiger partial charge in [-0.25, -0.2) is 4.98 Å². The number of hydrogen-bond acceptors (Lipinski definition) is 4. The van der Waals surface area contributed by atoms with E-state index in [9.17, 15) is 4.79 Å². The van der Waals surface area contributed by atoms with Gasteiger partial charge in [0.2, 0.25) is 5.91 Å². The first-order chi connectivity index (χ1) is 9.66. The molecule has 0 spiro atoms. The highest BCUT2D eigenvalue weighted by Crippen LogP contribution is 2.36. The van der Waals surface area contributed by atoms with Crippen molar-refractivity contribution in [3.8, 4) is 0 Å². The number of pyridine rings is 1.